The Kier molecular flexibility index (Phi) is 5.38. The van der Waals surface area contributed by atoms with Crippen molar-refractivity contribution in [2.75, 3.05) is 6.61 Å². The molecule has 20 heavy (non-hydrogen) atoms. The SMILES string of the molecule is NNC(=O)CCCCCOc1cccc2ccccc12. The minimum Gasteiger partial charge on any atom is -0.493 e. The molecule has 2 aromatic carbocycles. The van der Waals surface area contributed by atoms with E-state index in [4.69, 9.17) is 10.6 Å². The summed E-state index contributed by atoms with van der Waals surface area (Å²) in [4.78, 5) is 10.9. The smallest absolute Gasteiger partial charge is 0.233 e. The van der Waals surface area contributed by atoms with Gasteiger partial charge in [-0.15, -0.1) is 0 Å². The first-order chi connectivity index (χ1) is 9.81. The molecule has 0 fully saturated rings. The summed E-state index contributed by atoms with van der Waals surface area (Å²) < 4.78 is 5.83. The first-order valence-corrected chi connectivity index (χ1v) is 6.91. The van der Waals surface area contributed by atoms with Gasteiger partial charge in [0.25, 0.3) is 0 Å². The number of fused-ring (bicyclic) bond motifs is 1. The Balaban J connectivity index is 1.77. The third kappa shape index (κ3) is 3.96. The van der Waals surface area contributed by atoms with E-state index >= 15 is 0 Å². The van der Waals surface area contributed by atoms with Crippen molar-refractivity contribution in [2.24, 2.45) is 5.84 Å². The van der Waals surface area contributed by atoms with E-state index in [0.717, 1.165) is 30.4 Å². The van der Waals surface area contributed by atoms with E-state index in [9.17, 15) is 4.79 Å². The zero-order chi connectivity index (χ0) is 14.2. The monoisotopic (exact) mass is 272 g/mol. The third-order valence-corrected chi connectivity index (χ3v) is 3.22. The van der Waals surface area contributed by atoms with Gasteiger partial charge >= 0.3 is 0 Å². The number of hydrogen-bond acceptors (Lipinski definition) is 3. The Bertz CT molecular complexity index is 564. The number of carbonyl (C=O) groups excluding carboxylic acids is 1. The molecule has 0 heterocycles. The molecule has 0 radical (unpaired) electrons. The van der Waals surface area contributed by atoms with Crippen LogP contribution in [0.2, 0.25) is 0 Å². The van der Waals surface area contributed by atoms with E-state index in [2.05, 4.69) is 23.6 Å². The lowest BCUT2D eigenvalue weighted by Crippen LogP contribution is -2.29. The Morgan fingerprint density at radius 3 is 2.70 bits per heavy atom. The highest BCUT2D eigenvalue weighted by Crippen LogP contribution is 2.25. The van der Waals surface area contributed by atoms with Crippen molar-refractivity contribution in [1.29, 1.82) is 0 Å². The van der Waals surface area contributed by atoms with Crippen LogP contribution in [0, 0.1) is 0 Å². The zero-order valence-electron chi connectivity index (χ0n) is 11.5. The molecule has 0 unspecified atom stereocenters. The third-order valence-electron chi connectivity index (χ3n) is 3.22. The molecule has 0 spiro atoms. The van der Waals surface area contributed by atoms with Crippen molar-refractivity contribution in [3.05, 3.63) is 42.5 Å². The molecule has 4 heteroatoms. The predicted molar refractivity (Wildman–Crippen MR) is 80.2 cm³/mol. The lowest BCUT2D eigenvalue weighted by atomic mass is 10.1. The molecule has 0 aliphatic carbocycles. The number of ether oxygens (including phenoxy) is 1. The number of hydrogen-bond donors (Lipinski definition) is 2. The van der Waals surface area contributed by atoms with E-state index in [1.807, 2.05) is 24.3 Å². The maximum Gasteiger partial charge on any atom is 0.233 e. The number of hydrazine groups is 1. The standard InChI is InChI=1S/C16H20N2O2/c17-18-16(19)11-2-1-5-12-20-15-10-6-8-13-7-3-4-9-14(13)15/h3-4,6-10H,1-2,5,11-12,17H2,(H,18,19). The Hall–Kier alpha value is -2.07. The fraction of sp³-hybridized carbons (Fsp3) is 0.312. The highest BCUT2D eigenvalue weighted by atomic mass is 16.5. The van der Waals surface area contributed by atoms with Crippen molar-refractivity contribution < 1.29 is 9.53 Å². The van der Waals surface area contributed by atoms with Crippen LogP contribution in [0.3, 0.4) is 0 Å². The second-order valence-corrected chi connectivity index (χ2v) is 4.70. The van der Waals surface area contributed by atoms with Gasteiger partial charge in [-0.3, -0.25) is 10.2 Å². The number of benzene rings is 2. The minimum atomic E-state index is -0.111. The van der Waals surface area contributed by atoms with Gasteiger partial charge in [-0.1, -0.05) is 36.4 Å². The second-order valence-electron chi connectivity index (χ2n) is 4.70. The number of carbonyl (C=O) groups is 1. The summed E-state index contributed by atoms with van der Waals surface area (Å²) in [5, 5.41) is 2.32. The Morgan fingerprint density at radius 2 is 1.85 bits per heavy atom. The van der Waals surface area contributed by atoms with E-state index in [0.29, 0.717) is 13.0 Å². The quantitative estimate of drug-likeness (QED) is 0.352. The van der Waals surface area contributed by atoms with Gasteiger partial charge in [-0.25, -0.2) is 5.84 Å². The molecule has 2 aromatic rings. The maximum atomic E-state index is 10.9. The van der Waals surface area contributed by atoms with Gasteiger partial charge in [-0.2, -0.15) is 0 Å². The molecule has 0 saturated heterocycles. The number of amides is 1. The molecule has 0 aliphatic rings. The van der Waals surface area contributed by atoms with Crippen LogP contribution in [-0.4, -0.2) is 12.5 Å². The molecular formula is C16H20N2O2. The van der Waals surface area contributed by atoms with Gasteiger partial charge in [-0.05, 0) is 30.7 Å². The summed E-state index contributed by atoms with van der Waals surface area (Å²) in [5.74, 6) is 5.83. The summed E-state index contributed by atoms with van der Waals surface area (Å²) in [5.41, 5.74) is 2.13. The molecule has 0 aliphatic heterocycles. The maximum absolute atomic E-state index is 10.9. The molecule has 4 nitrogen and oxygen atoms in total. The lowest BCUT2D eigenvalue weighted by molar-refractivity contribution is -0.121. The number of nitrogens with two attached hydrogens (primary N) is 1. The van der Waals surface area contributed by atoms with Crippen LogP contribution < -0.4 is 16.0 Å². The van der Waals surface area contributed by atoms with Crippen molar-refractivity contribution >= 4 is 16.7 Å². The second kappa shape index (κ2) is 7.50. The van der Waals surface area contributed by atoms with Crippen molar-refractivity contribution in [3.8, 4) is 5.75 Å². The van der Waals surface area contributed by atoms with Crippen LogP contribution >= 0.6 is 0 Å². The first-order valence-electron chi connectivity index (χ1n) is 6.91. The Labute approximate surface area is 118 Å². The Morgan fingerprint density at radius 1 is 1.05 bits per heavy atom. The molecule has 3 N–H and O–H groups in total. The molecule has 0 saturated carbocycles. The first kappa shape index (κ1) is 14.3. The van der Waals surface area contributed by atoms with Crippen LogP contribution in [0.25, 0.3) is 10.8 Å². The summed E-state index contributed by atoms with van der Waals surface area (Å²) in [6.07, 6.45) is 3.20. The van der Waals surface area contributed by atoms with Crippen molar-refractivity contribution in [1.82, 2.24) is 5.43 Å². The van der Waals surface area contributed by atoms with E-state index in [1.54, 1.807) is 0 Å². The van der Waals surface area contributed by atoms with E-state index in [1.165, 1.54) is 5.39 Å². The van der Waals surface area contributed by atoms with Gasteiger partial charge in [0.05, 0.1) is 6.61 Å². The van der Waals surface area contributed by atoms with Crippen LogP contribution in [0.1, 0.15) is 25.7 Å². The van der Waals surface area contributed by atoms with Gasteiger partial charge in [0.2, 0.25) is 5.91 Å². The summed E-state index contributed by atoms with van der Waals surface area (Å²) >= 11 is 0. The highest BCUT2D eigenvalue weighted by molar-refractivity contribution is 5.88. The van der Waals surface area contributed by atoms with Crippen molar-refractivity contribution in [3.63, 3.8) is 0 Å². The average Bonchev–Trinajstić information content (AvgIpc) is 2.50. The minimum absolute atomic E-state index is 0.111. The average molecular weight is 272 g/mol. The van der Waals surface area contributed by atoms with E-state index in [-0.39, 0.29) is 5.91 Å². The van der Waals surface area contributed by atoms with Crippen LogP contribution in [0.15, 0.2) is 42.5 Å². The predicted octanol–water partition coefficient (Wildman–Crippen LogP) is 2.77. The normalized spacial score (nSPS) is 10.4. The molecule has 0 aromatic heterocycles. The largest absolute Gasteiger partial charge is 0.493 e. The fourth-order valence-corrected chi connectivity index (χ4v) is 2.14. The number of rotatable bonds is 7. The lowest BCUT2D eigenvalue weighted by Gasteiger charge is -2.09. The number of unbranched alkanes of at least 4 members (excludes halogenated alkanes) is 2. The summed E-state index contributed by atoms with van der Waals surface area (Å²) in [6, 6.07) is 14.3. The van der Waals surface area contributed by atoms with Gasteiger partial charge < -0.3 is 4.74 Å². The molecule has 2 rings (SSSR count). The van der Waals surface area contributed by atoms with Crippen LogP contribution in [0.5, 0.6) is 5.75 Å². The van der Waals surface area contributed by atoms with Gasteiger partial charge in [0.15, 0.2) is 0 Å². The molecular weight excluding hydrogens is 252 g/mol. The van der Waals surface area contributed by atoms with Crippen LogP contribution in [0.4, 0.5) is 0 Å². The molecule has 0 bridgehead atoms. The van der Waals surface area contributed by atoms with Gasteiger partial charge in [0.1, 0.15) is 5.75 Å². The van der Waals surface area contributed by atoms with Crippen LogP contribution in [-0.2, 0) is 4.79 Å². The zero-order valence-corrected chi connectivity index (χ0v) is 11.5. The summed E-state index contributed by atoms with van der Waals surface area (Å²) in [6.45, 7) is 0.665. The fourth-order valence-electron chi connectivity index (χ4n) is 2.14. The van der Waals surface area contributed by atoms with Crippen molar-refractivity contribution in [2.45, 2.75) is 25.7 Å². The highest BCUT2D eigenvalue weighted by Gasteiger charge is 2.01. The molecule has 106 valence electrons. The topological polar surface area (TPSA) is 64.3 Å². The summed E-state index contributed by atoms with van der Waals surface area (Å²) in [7, 11) is 0. The molecule has 0 atom stereocenters. The van der Waals surface area contributed by atoms with E-state index < -0.39 is 0 Å². The molecule has 1 amide bonds. The number of nitrogens with one attached hydrogen (secondary N) is 1. The van der Waals surface area contributed by atoms with Gasteiger partial charge in [0, 0.05) is 11.8 Å².